The molecule has 0 aromatic heterocycles. The van der Waals surface area contributed by atoms with Crippen LogP contribution in [0.25, 0.3) is 21.5 Å². The average Bonchev–Trinajstić information content (AvgIpc) is 3.11. The Balaban J connectivity index is 1.04. The van der Waals surface area contributed by atoms with E-state index >= 15 is 0 Å². The molecule has 50 heavy (non-hydrogen) atoms. The number of rotatable bonds is 15. The molecule has 14 nitrogen and oxygen atoms in total. The Morgan fingerprint density at radius 1 is 0.460 bits per heavy atom. The predicted octanol–water partition coefficient (Wildman–Crippen LogP) is 3.57. The third-order valence-corrected chi connectivity index (χ3v) is 7.38. The Hall–Kier alpha value is -6.18. The summed E-state index contributed by atoms with van der Waals surface area (Å²) in [6.07, 6.45) is 0. The summed E-state index contributed by atoms with van der Waals surface area (Å²) in [6, 6.07) is 20.1. The van der Waals surface area contributed by atoms with E-state index in [4.69, 9.17) is 28.4 Å². The van der Waals surface area contributed by atoms with Gasteiger partial charge in [-0.1, -0.05) is 48.5 Å². The van der Waals surface area contributed by atoms with Crippen molar-refractivity contribution in [2.24, 2.45) is 0 Å². The van der Waals surface area contributed by atoms with Crippen LogP contribution in [0.5, 0.6) is 11.5 Å². The first kappa shape index (κ1) is 36.7. The van der Waals surface area contributed by atoms with Crippen LogP contribution in [0.4, 0.5) is 0 Å². The number of esters is 6. The topological polar surface area (TPSA) is 198 Å². The predicted molar refractivity (Wildman–Crippen MR) is 174 cm³/mol. The van der Waals surface area contributed by atoms with Crippen molar-refractivity contribution in [3.63, 3.8) is 0 Å². The molecule has 0 heterocycles. The van der Waals surface area contributed by atoms with E-state index in [1.807, 2.05) is 0 Å². The van der Waals surface area contributed by atoms with Crippen molar-refractivity contribution in [1.82, 2.24) is 0 Å². The van der Waals surface area contributed by atoms with Gasteiger partial charge in [0.1, 0.15) is 24.7 Å². The molecule has 0 aliphatic carbocycles. The van der Waals surface area contributed by atoms with Crippen LogP contribution in [0.1, 0.15) is 36.8 Å². The lowest BCUT2D eigenvalue weighted by molar-refractivity contribution is -0.168. The number of benzene rings is 4. The fraction of sp³-hybridized carbons (Fsp3) is 0.278. The molecule has 0 radical (unpaired) electrons. The SMILES string of the molecule is CC(C(=O)OCC(=O)OCC(=O)OCCOC(=O)COC(=O)COC(=O)C(C)c1ccc2cc(O)ccc2c1)c1ccc2cc(O)ccc2c1. The highest BCUT2D eigenvalue weighted by Crippen LogP contribution is 2.26. The van der Waals surface area contributed by atoms with Gasteiger partial charge in [0.05, 0.1) is 11.8 Å². The number of phenols is 2. The summed E-state index contributed by atoms with van der Waals surface area (Å²) in [5, 5.41) is 22.4. The Labute approximate surface area is 285 Å². The van der Waals surface area contributed by atoms with E-state index in [0.29, 0.717) is 11.1 Å². The maximum atomic E-state index is 12.4. The quantitative estimate of drug-likeness (QED) is 0.104. The number of carbonyl (C=O) groups is 6. The minimum atomic E-state index is -0.986. The van der Waals surface area contributed by atoms with Crippen molar-refractivity contribution in [2.75, 3.05) is 39.6 Å². The second-order valence-corrected chi connectivity index (χ2v) is 11.0. The Morgan fingerprint density at radius 2 is 0.780 bits per heavy atom. The standard InChI is InChI=1S/C36H34O14/c1-21(23-3-5-27-15-29(37)9-7-25(27)13-23)35(43)49-19-33(41)47-17-31(39)45-11-12-46-32(40)18-48-34(42)20-50-36(44)22(2)24-4-6-28-16-30(38)10-8-26(28)14-24/h3-10,13-16,21-22,37-38H,11-12,17-20H2,1-2H3. The molecule has 0 spiro atoms. The highest BCUT2D eigenvalue weighted by molar-refractivity contribution is 5.89. The molecule has 0 aliphatic rings. The van der Waals surface area contributed by atoms with Crippen molar-refractivity contribution in [2.45, 2.75) is 25.7 Å². The molecule has 2 unspecified atom stereocenters. The molecule has 0 aliphatic heterocycles. The molecule has 14 heteroatoms. The zero-order valence-corrected chi connectivity index (χ0v) is 27.1. The molecule has 262 valence electrons. The number of hydrogen-bond donors (Lipinski definition) is 2. The lowest BCUT2D eigenvalue weighted by Crippen LogP contribution is -2.25. The first-order valence-corrected chi connectivity index (χ1v) is 15.3. The number of phenolic OH excluding ortho intramolecular Hbond substituents is 2. The molecule has 4 rings (SSSR count). The van der Waals surface area contributed by atoms with Gasteiger partial charge in [0.2, 0.25) is 0 Å². The summed E-state index contributed by atoms with van der Waals surface area (Å²) in [5.41, 5.74) is 1.27. The van der Waals surface area contributed by atoms with Crippen LogP contribution in [0.3, 0.4) is 0 Å². The van der Waals surface area contributed by atoms with Crippen LogP contribution in [0, 0.1) is 0 Å². The van der Waals surface area contributed by atoms with Crippen LogP contribution in [0.15, 0.2) is 72.8 Å². The number of hydrogen-bond acceptors (Lipinski definition) is 14. The van der Waals surface area contributed by atoms with Crippen molar-refractivity contribution in [3.8, 4) is 11.5 Å². The summed E-state index contributed by atoms with van der Waals surface area (Å²) in [7, 11) is 0. The lowest BCUT2D eigenvalue weighted by Gasteiger charge is -2.13. The summed E-state index contributed by atoms with van der Waals surface area (Å²) in [5.74, 6) is -6.44. The number of ether oxygens (including phenoxy) is 6. The van der Waals surface area contributed by atoms with Gasteiger partial charge in [-0.2, -0.15) is 0 Å². The Bertz CT molecular complexity index is 1760. The first-order chi connectivity index (χ1) is 23.9. The molecule has 0 fully saturated rings. The van der Waals surface area contributed by atoms with E-state index in [2.05, 4.69) is 0 Å². The van der Waals surface area contributed by atoms with E-state index in [0.717, 1.165) is 21.5 Å². The summed E-state index contributed by atoms with van der Waals surface area (Å²) >= 11 is 0. The normalized spacial score (nSPS) is 12.0. The second kappa shape index (κ2) is 17.3. The summed E-state index contributed by atoms with van der Waals surface area (Å²) in [6.45, 7) is -0.599. The van der Waals surface area contributed by atoms with Gasteiger partial charge in [0, 0.05) is 0 Å². The lowest BCUT2D eigenvalue weighted by atomic mass is 9.98. The van der Waals surface area contributed by atoms with Gasteiger partial charge in [0.15, 0.2) is 26.4 Å². The fourth-order valence-corrected chi connectivity index (χ4v) is 4.58. The molecule has 4 aromatic rings. The average molecular weight is 691 g/mol. The molecule has 0 saturated carbocycles. The monoisotopic (exact) mass is 690 g/mol. The zero-order chi connectivity index (χ0) is 36.2. The smallest absolute Gasteiger partial charge is 0.344 e. The van der Waals surface area contributed by atoms with Crippen LogP contribution >= 0.6 is 0 Å². The Kier molecular flexibility index (Phi) is 12.7. The van der Waals surface area contributed by atoms with E-state index in [9.17, 15) is 39.0 Å². The number of aromatic hydroxyl groups is 2. The van der Waals surface area contributed by atoms with E-state index in [1.54, 1.807) is 74.5 Å². The molecular weight excluding hydrogens is 656 g/mol. The highest BCUT2D eigenvalue weighted by atomic mass is 16.6. The minimum Gasteiger partial charge on any atom is -0.508 e. The van der Waals surface area contributed by atoms with Gasteiger partial charge >= 0.3 is 35.8 Å². The molecule has 0 amide bonds. The maximum absolute atomic E-state index is 12.4. The third-order valence-electron chi connectivity index (χ3n) is 7.38. The molecule has 2 atom stereocenters. The van der Waals surface area contributed by atoms with Crippen LogP contribution in [0.2, 0.25) is 0 Å². The van der Waals surface area contributed by atoms with Crippen molar-refractivity contribution >= 4 is 57.4 Å². The van der Waals surface area contributed by atoms with Gasteiger partial charge in [-0.25, -0.2) is 19.2 Å². The zero-order valence-electron chi connectivity index (χ0n) is 27.1. The highest BCUT2D eigenvalue weighted by Gasteiger charge is 2.21. The van der Waals surface area contributed by atoms with Crippen LogP contribution in [-0.4, -0.2) is 85.7 Å². The van der Waals surface area contributed by atoms with Crippen LogP contribution in [-0.2, 0) is 57.2 Å². The number of fused-ring (bicyclic) bond motifs is 2. The summed E-state index contributed by atoms with van der Waals surface area (Å²) < 4.78 is 29.0. The molecule has 0 bridgehead atoms. The van der Waals surface area contributed by atoms with Crippen molar-refractivity contribution in [3.05, 3.63) is 83.9 Å². The molecule has 4 aromatic carbocycles. The molecule has 0 saturated heterocycles. The van der Waals surface area contributed by atoms with Crippen molar-refractivity contribution < 1.29 is 67.4 Å². The minimum absolute atomic E-state index is 0.118. The van der Waals surface area contributed by atoms with Gasteiger partial charge < -0.3 is 38.6 Å². The second-order valence-electron chi connectivity index (χ2n) is 11.0. The third kappa shape index (κ3) is 10.7. The molecule has 2 N–H and O–H groups in total. The van der Waals surface area contributed by atoms with Gasteiger partial charge in [0.25, 0.3) is 0 Å². The van der Waals surface area contributed by atoms with E-state index in [-0.39, 0.29) is 24.7 Å². The van der Waals surface area contributed by atoms with Gasteiger partial charge in [-0.3, -0.25) is 9.59 Å². The number of carbonyl (C=O) groups excluding carboxylic acids is 6. The fourth-order valence-electron chi connectivity index (χ4n) is 4.58. The van der Waals surface area contributed by atoms with Crippen molar-refractivity contribution in [1.29, 1.82) is 0 Å². The molecular formula is C36H34O14. The van der Waals surface area contributed by atoms with E-state index < -0.39 is 74.1 Å². The van der Waals surface area contributed by atoms with Gasteiger partial charge in [-0.15, -0.1) is 0 Å². The van der Waals surface area contributed by atoms with Crippen LogP contribution < -0.4 is 0 Å². The maximum Gasteiger partial charge on any atom is 0.344 e. The first-order valence-electron chi connectivity index (χ1n) is 15.3. The summed E-state index contributed by atoms with van der Waals surface area (Å²) in [4.78, 5) is 72.3. The Morgan fingerprint density at radius 3 is 1.18 bits per heavy atom. The van der Waals surface area contributed by atoms with E-state index in [1.165, 1.54) is 12.1 Å². The van der Waals surface area contributed by atoms with Gasteiger partial charge in [-0.05, 0) is 70.8 Å². The largest absolute Gasteiger partial charge is 0.508 e.